The van der Waals surface area contributed by atoms with E-state index in [0.717, 1.165) is 34.2 Å². The van der Waals surface area contributed by atoms with E-state index >= 15 is 0 Å². The summed E-state index contributed by atoms with van der Waals surface area (Å²) in [5, 5.41) is 16.7. The fraction of sp³-hybridized carbons (Fsp3) is 0.238. The van der Waals surface area contributed by atoms with Crippen LogP contribution < -0.4 is 10.1 Å². The topological polar surface area (TPSA) is 81.4 Å². The number of benzene rings is 2. The number of hydrogen-bond acceptors (Lipinski definition) is 6. The van der Waals surface area contributed by atoms with Crippen molar-refractivity contribution in [3.8, 4) is 16.3 Å². The Bertz CT molecular complexity index is 1160. The van der Waals surface area contributed by atoms with Gasteiger partial charge in [-0.1, -0.05) is 37.3 Å². The maximum absolute atomic E-state index is 12.7. The van der Waals surface area contributed by atoms with E-state index < -0.39 is 0 Å². The predicted octanol–water partition coefficient (Wildman–Crippen LogP) is 4.24. The minimum atomic E-state index is -0.186. The lowest BCUT2D eigenvalue weighted by atomic mass is 10.1. The number of carbonyl (C=O) groups excluding carboxylic acids is 1. The lowest BCUT2D eigenvalue weighted by Gasteiger charge is -2.11. The Morgan fingerprint density at radius 3 is 2.59 bits per heavy atom. The van der Waals surface area contributed by atoms with Gasteiger partial charge in [0.15, 0.2) is 5.82 Å². The summed E-state index contributed by atoms with van der Waals surface area (Å²) in [4.78, 5) is 13.5. The fourth-order valence-corrected chi connectivity index (χ4v) is 3.87. The molecule has 2 heterocycles. The number of nitrogens with zero attached hydrogens (tertiary/aromatic N) is 4. The van der Waals surface area contributed by atoms with E-state index in [4.69, 9.17) is 4.74 Å². The summed E-state index contributed by atoms with van der Waals surface area (Å²) in [6.45, 7) is 4.10. The summed E-state index contributed by atoms with van der Waals surface area (Å²) in [6.07, 6.45) is 1.69. The van der Waals surface area contributed by atoms with Crippen LogP contribution >= 0.6 is 11.3 Å². The van der Waals surface area contributed by atoms with Gasteiger partial charge in [0.1, 0.15) is 10.8 Å². The van der Waals surface area contributed by atoms with Crippen molar-refractivity contribution < 1.29 is 9.53 Å². The summed E-state index contributed by atoms with van der Waals surface area (Å²) in [5.41, 5.74) is 3.26. The maximum Gasteiger partial charge on any atom is 0.255 e. The number of nitrogens with one attached hydrogen (secondary N) is 1. The first-order chi connectivity index (χ1) is 14.1. The van der Waals surface area contributed by atoms with Crippen LogP contribution in [-0.4, -0.2) is 32.8 Å². The van der Waals surface area contributed by atoms with E-state index in [0.29, 0.717) is 17.0 Å². The molecule has 0 saturated heterocycles. The highest BCUT2D eigenvalue weighted by Crippen LogP contribution is 2.33. The van der Waals surface area contributed by atoms with Crippen LogP contribution in [0.3, 0.4) is 0 Å². The molecule has 0 unspecified atom stereocenters. The van der Waals surface area contributed by atoms with E-state index in [2.05, 4.69) is 27.5 Å². The van der Waals surface area contributed by atoms with Crippen LogP contribution in [0.4, 0.5) is 5.69 Å². The van der Waals surface area contributed by atoms with Crippen molar-refractivity contribution in [2.45, 2.75) is 26.7 Å². The molecule has 2 aromatic carbocycles. The van der Waals surface area contributed by atoms with Crippen molar-refractivity contribution in [1.29, 1.82) is 0 Å². The number of ether oxygens (including phenoxy) is 1. The Morgan fingerprint density at radius 1 is 1.10 bits per heavy atom. The predicted molar refractivity (Wildman–Crippen MR) is 114 cm³/mol. The Hall–Kier alpha value is -3.26. The first-order valence-corrected chi connectivity index (χ1v) is 10.2. The average Bonchev–Trinajstić information content (AvgIpc) is 3.34. The normalized spacial score (nSPS) is 11.0. The molecular weight excluding hydrogens is 386 g/mol. The number of carbonyl (C=O) groups is 1. The number of rotatable bonds is 6. The second-order valence-corrected chi connectivity index (χ2v) is 7.45. The van der Waals surface area contributed by atoms with Crippen molar-refractivity contribution in [1.82, 2.24) is 19.8 Å². The van der Waals surface area contributed by atoms with Gasteiger partial charge >= 0.3 is 0 Å². The van der Waals surface area contributed by atoms with Crippen LogP contribution in [0, 0.1) is 0 Å². The molecule has 29 heavy (non-hydrogen) atoms. The Kier molecular flexibility index (Phi) is 5.26. The van der Waals surface area contributed by atoms with Crippen LogP contribution in [0.15, 0.2) is 42.5 Å². The van der Waals surface area contributed by atoms with Gasteiger partial charge in [-0.25, -0.2) is 0 Å². The minimum absolute atomic E-state index is 0.186. The molecule has 0 aliphatic heterocycles. The van der Waals surface area contributed by atoms with Crippen molar-refractivity contribution >= 4 is 27.9 Å². The monoisotopic (exact) mass is 407 g/mol. The molecule has 0 saturated carbocycles. The summed E-state index contributed by atoms with van der Waals surface area (Å²) in [7, 11) is 1.58. The average molecular weight is 407 g/mol. The molecule has 0 radical (unpaired) electrons. The van der Waals surface area contributed by atoms with Gasteiger partial charge in [-0.15, -0.1) is 10.2 Å². The largest absolute Gasteiger partial charge is 0.495 e. The molecule has 4 rings (SSSR count). The Morgan fingerprint density at radius 2 is 1.90 bits per heavy atom. The molecule has 2 aromatic heterocycles. The molecule has 0 fully saturated rings. The van der Waals surface area contributed by atoms with Gasteiger partial charge in [-0.3, -0.25) is 4.79 Å². The second kappa shape index (κ2) is 8.00. The summed E-state index contributed by atoms with van der Waals surface area (Å²) < 4.78 is 7.19. The number of amides is 1. The molecular formula is C21H21N5O2S. The molecule has 7 nitrogen and oxygen atoms in total. The zero-order valence-electron chi connectivity index (χ0n) is 16.5. The third kappa shape index (κ3) is 3.71. The zero-order chi connectivity index (χ0) is 20.4. The summed E-state index contributed by atoms with van der Waals surface area (Å²) >= 11 is 1.45. The van der Waals surface area contributed by atoms with E-state index in [9.17, 15) is 4.79 Å². The molecule has 4 aromatic rings. The van der Waals surface area contributed by atoms with E-state index in [-0.39, 0.29) is 5.91 Å². The third-order valence-corrected chi connectivity index (χ3v) is 5.64. The molecule has 0 aliphatic carbocycles. The smallest absolute Gasteiger partial charge is 0.255 e. The van der Waals surface area contributed by atoms with Gasteiger partial charge in [0.2, 0.25) is 4.96 Å². The van der Waals surface area contributed by atoms with Gasteiger partial charge in [-0.05, 0) is 42.3 Å². The maximum atomic E-state index is 12.7. The Balaban J connectivity index is 1.65. The first-order valence-electron chi connectivity index (χ1n) is 9.42. The van der Waals surface area contributed by atoms with E-state index in [1.54, 1.807) is 11.6 Å². The van der Waals surface area contributed by atoms with Gasteiger partial charge in [0.25, 0.3) is 5.91 Å². The first kappa shape index (κ1) is 19.1. The highest BCUT2D eigenvalue weighted by molar-refractivity contribution is 7.19. The minimum Gasteiger partial charge on any atom is -0.495 e. The van der Waals surface area contributed by atoms with Crippen LogP contribution in [0.1, 0.15) is 35.6 Å². The molecule has 1 amide bonds. The van der Waals surface area contributed by atoms with E-state index in [1.165, 1.54) is 16.9 Å². The molecule has 0 aliphatic rings. The number of anilines is 1. The lowest BCUT2D eigenvalue weighted by molar-refractivity contribution is 0.102. The third-order valence-electron chi connectivity index (χ3n) is 4.69. The van der Waals surface area contributed by atoms with Gasteiger partial charge in [-0.2, -0.15) is 9.61 Å². The highest BCUT2D eigenvalue weighted by atomic mass is 32.1. The quantitative estimate of drug-likeness (QED) is 0.517. The SMILES string of the molecule is CCc1ccc(C(=O)Nc2cc(-c3nn4c(CC)nnc4s3)ccc2OC)cc1. The lowest BCUT2D eigenvalue weighted by Crippen LogP contribution is -2.12. The number of methoxy groups -OCH3 is 1. The zero-order valence-corrected chi connectivity index (χ0v) is 17.3. The molecule has 0 spiro atoms. The van der Waals surface area contributed by atoms with Crippen LogP contribution in [0.2, 0.25) is 0 Å². The van der Waals surface area contributed by atoms with E-state index in [1.807, 2.05) is 49.4 Å². The number of aromatic nitrogens is 4. The standard InChI is InChI=1S/C21H21N5O2S/c1-4-13-6-8-14(9-7-13)19(27)22-16-12-15(10-11-17(16)28-3)20-25-26-18(5-2)23-24-21(26)29-20/h6-12H,4-5H2,1-3H3,(H,22,27). The summed E-state index contributed by atoms with van der Waals surface area (Å²) in [6, 6.07) is 13.2. The van der Waals surface area contributed by atoms with Crippen molar-refractivity contribution in [2.75, 3.05) is 12.4 Å². The van der Waals surface area contributed by atoms with Gasteiger partial charge in [0, 0.05) is 17.5 Å². The Labute approximate surface area is 172 Å². The molecule has 1 N–H and O–H groups in total. The number of aryl methyl sites for hydroxylation is 2. The van der Waals surface area contributed by atoms with Crippen molar-refractivity contribution in [3.05, 3.63) is 59.4 Å². The van der Waals surface area contributed by atoms with Crippen LogP contribution in [-0.2, 0) is 12.8 Å². The van der Waals surface area contributed by atoms with Crippen molar-refractivity contribution in [2.24, 2.45) is 0 Å². The van der Waals surface area contributed by atoms with Gasteiger partial charge < -0.3 is 10.1 Å². The molecule has 8 heteroatoms. The van der Waals surface area contributed by atoms with Crippen LogP contribution in [0.25, 0.3) is 15.5 Å². The van der Waals surface area contributed by atoms with Gasteiger partial charge in [0.05, 0.1) is 12.8 Å². The van der Waals surface area contributed by atoms with Crippen molar-refractivity contribution in [3.63, 3.8) is 0 Å². The van der Waals surface area contributed by atoms with Crippen LogP contribution in [0.5, 0.6) is 5.75 Å². The molecule has 0 atom stereocenters. The second-order valence-electron chi connectivity index (χ2n) is 6.49. The fourth-order valence-electron chi connectivity index (χ4n) is 3.02. The molecule has 0 bridgehead atoms. The highest BCUT2D eigenvalue weighted by Gasteiger charge is 2.15. The number of hydrogen-bond donors (Lipinski definition) is 1. The molecule has 148 valence electrons. The summed E-state index contributed by atoms with van der Waals surface area (Å²) in [5.74, 6) is 1.22. The number of fused-ring (bicyclic) bond motifs is 1.